The molecule has 0 aliphatic heterocycles. The minimum Gasteiger partial charge on any atom is -0.481 e. The van der Waals surface area contributed by atoms with Gasteiger partial charge in [-0.15, -0.1) is 0 Å². The third-order valence-corrected chi connectivity index (χ3v) is 4.72. The van der Waals surface area contributed by atoms with E-state index in [1.165, 1.54) is 6.07 Å². The number of hydrogen-bond acceptors (Lipinski definition) is 3. The van der Waals surface area contributed by atoms with Gasteiger partial charge in [-0.25, -0.2) is 9.37 Å². The third kappa shape index (κ3) is 3.58. The van der Waals surface area contributed by atoms with Crippen LogP contribution in [0, 0.1) is 5.82 Å². The van der Waals surface area contributed by atoms with Crippen LogP contribution in [0.15, 0.2) is 21.8 Å². The number of fused-ring (bicyclic) bond motifs is 1. The number of halogens is 2. The molecule has 114 valence electrons. The molecule has 0 fully saturated rings. The van der Waals surface area contributed by atoms with E-state index in [2.05, 4.69) is 34.8 Å². The molecular weight excluding hydrogens is 359 g/mol. The van der Waals surface area contributed by atoms with Crippen LogP contribution in [0.2, 0.25) is 0 Å². The molecule has 1 unspecified atom stereocenters. The van der Waals surface area contributed by atoms with Crippen LogP contribution < -0.4 is 0 Å². The first kappa shape index (κ1) is 16.3. The summed E-state index contributed by atoms with van der Waals surface area (Å²) >= 11 is 4.35. The van der Waals surface area contributed by atoms with Crippen LogP contribution in [0.4, 0.5) is 4.39 Å². The molecule has 0 saturated heterocycles. The summed E-state index contributed by atoms with van der Waals surface area (Å²) in [6.45, 7) is 4.15. The summed E-state index contributed by atoms with van der Waals surface area (Å²) in [6, 6.07) is 3.25. The van der Waals surface area contributed by atoms with E-state index >= 15 is 0 Å². The first-order valence-corrected chi connectivity index (χ1v) is 8.43. The molecule has 0 radical (unpaired) electrons. The molecule has 0 bridgehead atoms. The summed E-state index contributed by atoms with van der Waals surface area (Å²) in [7, 11) is 0. The van der Waals surface area contributed by atoms with Gasteiger partial charge in [-0.2, -0.15) is 0 Å². The van der Waals surface area contributed by atoms with Gasteiger partial charge in [-0.05, 0) is 35.3 Å². The fraction of sp³-hybridized carbons (Fsp3) is 0.429. The standard InChI is InChI=1S/C14H16BrFN2O2S/c1-3-4-8(2)18-12-5-9(15)10(16)6-11(12)17-14(18)21-7-13(19)20/h5-6,8H,3-4,7H2,1-2H3,(H,19,20). The van der Waals surface area contributed by atoms with Crippen molar-refractivity contribution in [2.45, 2.75) is 37.9 Å². The molecule has 1 heterocycles. The number of rotatable bonds is 6. The lowest BCUT2D eigenvalue weighted by Crippen LogP contribution is -2.08. The Morgan fingerprint density at radius 3 is 2.90 bits per heavy atom. The number of nitrogens with zero attached hydrogens (tertiary/aromatic N) is 2. The van der Waals surface area contributed by atoms with E-state index in [1.807, 2.05) is 4.57 Å². The van der Waals surface area contributed by atoms with Crippen molar-refractivity contribution in [2.24, 2.45) is 0 Å². The fourth-order valence-electron chi connectivity index (χ4n) is 2.27. The van der Waals surface area contributed by atoms with Crippen molar-refractivity contribution in [3.63, 3.8) is 0 Å². The molecule has 1 aromatic carbocycles. The summed E-state index contributed by atoms with van der Waals surface area (Å²) in [6.07, 6.45) is 1.95. The number of thioether (sulfide) groups is 1. The Morgan fingerprint density at radius 1 is 1.57 bits per heavy atom. The van der Waals surface area contributed by atoms with Crippen LogP contribution in [-0.2, 0) is 4.79 Å². The maximum atomic E-state index is 13.7. The van der Waals surface area contributed by atoms with Crippen LogP contribution in [-0.4, -0.2) is 26.4 Å². The highest BCUT2D eigenvalue weighted by Gasteiger charge is 2.18. The first-order valence-electron chi connectivity index (χ1n) is 6.65. The average molecular weight is 375 g/mol. The SMILES string of the molecule is CCCC(C)n1c(SCC(=O)O)nc2cc(F)c(Br)cc21. The molecule has 1 aromatic heterocycles. The van der Waals surface area contributed by atoms with Crippen LogP contribution in [0.3, 0.4) is 0 Å². The molecular formula is C14H16BrFN2O2S. The van der Waals surface area contributed by atoms with Crippen LogP contribution in [0.1, 0.15) is 32.7 Å². The van der Waals surface area contributed by atoms with Crippen molar-refractivity contribution < 1.29 is 14.3 Å². The summed E-state index contributed by atoms with van der Waals surface area (Å²) in [5.74, 6) is -1.33. The van der Waals surface area contributed by atoms with Crippen molar-refractivity contribution in [1.29, 1.82) is 0 Å². The first-order chi connectivity index (χ1) is 9.93. The Kier molecular flexibility index (Phi) is 5.27. The number of hydrogen-bond donors (Lipinski definition) is 1. The monoisotopic (exact) mass is 374 g/mol. The van der Waals surface area contributed by atoms with E-state index in [0.29, 0.717) is 15.1 Å². The van der Waals surface area contributed by atoms with Gasteiger partial charge in [0.2, 0.25) is 0 Å². The van der Waals surface area contributed by atoms with Crippen molar-refractivity contribution >= 4 is 44.7 Å². The molecule has 1 atom stereocenters. The smallest absolute Gasteiger partial charge is 0.313 e. The highest BCUT2D eigenvalue weighted by molar-refractivity contribution is 9.10. The van der Waals surface area contributed by atoms with Crippen molar-refractivity contribution in [1.82, 2.24) is 9.55 Å². The predicted octanol–water partition coefficient (Wildman–Crippen LogP) is 4.48. The Hall–Kier alpha value is -1.08. The predicted molar refractivity (Wildman–Crippen MR) is 85.4 cm³/mol. The van der Waals surface area contributed by atoms with Gasteiger partial charge in [0, 0.05) is 12.1 Å². The highest BCUT2D eigenvalue weighted by Crippen LogP contribution is 2.32. The second-order valence-electron chi connectivity index (χ2n) is 4.84. The van der Waals surface area contributed by atoms with E-state index in [-0.39, 0.29) is 17.6 Å². The molecule has 1 N–H and O–H groups in total. The third-order valence-electron chi connectivity index (χ3n) is 3.17. The van der Waals surface area contributed by atoms with Gasteiger partial charge in [0.1, 0.15) is 5.82 Å². The molecule has 0 spiro atoms. The second-order valence-corrected chi connectivity index (χ2v) is 6.64. The Labute approximate surface area is 134 Å². The molecule has 21 heavy (non-hydrogen) atoms. The van der Waals surface area contributed by atoms with Crippen molar-refractivity contribution in [3.8, 4) is 0 Å². The largest absolute Gasteiger partial charge is 0.481 e. The Morgan fingerprint density at radius 2 is 2.29 bits per heavy atom. The number of aromatic nitrogens is 2. The average Bonchev–Trinajstić information content (AvgIpc) is 2.75. The van der Waals surface area contributed by atoms with Gasteiger partial charge in [-0.3, -0.25) is 4.79 Å². The second kappa shape index (κ2) is 6.79. The zero-order valence-electron chi connectivity index (χ0n) is 11.8. The quantitative estimate of drug-likeness (QED) is 0.757. The molecule has 4 nitrogen and oxygen atoms in total. The molecule has 0 aliphatic carbocycles. The van der Waals surface area contributed by atoms with Crippen molar-refractivity contribution in [3.05, 3.63) is 22.4 Å². The fourth-order valence-corrected chi connectivity index (χ4v) is 3.43. The lowest BCUT2D eigenvalue weighted by atomic mass is 10.2. The number of carbonyl (C=O) groups is 1. The van der Waals surface area contributed by atoms with Gasteiger partial charge in [0.15, 0.2) is 5.16 Å². The van der Waals surface area contributed by atoms with Crippen LogP contribution >= 0.6 is 27.7 Å². The lowest BCUT2D eigenvalue weighted by molar-refractivity contribution is -0.133. The molecule has 0 aliphatic rings. The number of carboxylic acids is 1. The van der Waals surface area contributed by atoms with E-state index in [9.17, 15) is 9.18 Å². The zero-order valence-corrected chi connectivity index (χ0v) is 14.2. The summed E-state index contributed by atoms with van der Waals surface area (Å²) in [5.41, 5.74) is 1.36. The van der Waals surface area contributed by atoms with E-state index in [1.54, 1.807) is 6.07 Å². The van der Waals surface area contributed by atoms with Crippen LogP contribution in [0.25, 0.3) is 11.0 Å². The summed E-state index contributed by atoms with van der Waals surface area (Å²) in [5, 5.41) is 9.46. The minimum atomic E-state index is -0.894. The number of carboxylic acid groups (broad SMARTS) is 1. The van der Waals surface area contributed by atoms with Gasteiger partial charge >= 0.3 is 5.97 Å². The number of imidazole rings is 1. The Bertz CT molecular complexity index is 675. The van der Waals surface area contributed by atoms with Gasteiger partial charge in [0.25, 0.3) is 0 Å². The topological polar surface area (TPSA) is 55.1 Å². The normalized spacial score (nSPS) is 12.8. The summed E-state index contributed by atoms with van der Waals surface area (Å²) < 4.78 is 16.0. The Balaban J connectivity index is 2.54. The maximum absolute atomic E-state index is 13.7. The zero-order chi connectivity index (χ0) is 15.6. The minimum absolute atomic E-state index is 0.0637. The molecule has 7 heteroatoms. The maximum Gasteiger partial charge on any atom is 0.313 e. The van der Waals surface area contributed by atoms with Crippen molar-refractivity contribution in [2.75, 3.05) is 5.75 Å². The molecule has 0 saturated carbocycles. The van der Waals surface area contributed by atoms with E-state index in [4.69, 9.17) is 5.11 Å². The number of benzene rings is 1. The molecule has 2 rings (SSSR count). The van der Waals surface area contributed by atoms with Crippen LogP contribution in [0.5, 0.6) is 0 Å². The van der Waals surface area contributed by atoms with Gasteiger partial charge in [-0.1, -0.05) is 25.1 Å². The van der Waals surface area contributed by atoms with Gasteiger partial charge < -0.3 is 9.67 Å². The van der Waals surface area contributed by atoms with Gasteiger partial charge in [0.05, 0.1) is 21.3 Å². The van der Waals surface area contributed by atoms with E-state index in [0.717, 1.165) is 30.1 Å². The molecule has 2 aromatic rings. The van der Waals surface area contributed by atoms with E-state index < -0.39 is 5.97 Å². The lowest BCUT2D eigenvalue weighted by Gasteiger charge is -2.16. The molecule has 0 amide bonds. The summed E-state index contributed by atoms with van der Waals surface area (Å²) in [4.78, 5) is 15.2. The number of aliphatic carboxylic acids is 1. The highest BCUT2D eigenvalue weighted by atomic mass is 79.9.